The zero-order valence-electron chi connectivity index (χ0n) is 11.6. The summed E-state index contributed by atoms with van der Waals surface area (Å²) in [6, 6.07) is 7.07. The lowest BCUT2D eigenvalue weighted by atomic mass is 10.0. The molecule has 1 rings (SSSR count). The van der Waals surface area contributed by atoms with E-state index in [1.807, 2.05) is 26.0 Å². The maximum absolute atomic E-state index is 12.2. The third-order valence-electron chi connectivity index (χ3n) is 3.10. The van der Waals surface area contributed by atoms with Crippen molar-refractivity contribution < 1.29 is 10.0 Å². The van der Waals surface area contributed by atoms with Crippen molar-refractivity contribution in [2.75, 3.05) is 0 Å². The van der Waals surface area contributed by atoms with Gasteiger partial charge in [0.05, 0.1) is 12.0 Å². The highest BCUT2D eigenvalue weighted by Crippen LogP contribution is 2.17. The van der Waals surface area contributed by atoms with Crippen LogP contribution in [0, 0.1) is 5.92 Å². The number of carbonyl (C=O) groups excluding carboxylic acids is 1. The number of hydrogen-bond donors (Lipinski definition) is 3. The van der Waals surface area contributed by atoms with E-state index < -0.39 is 5.92 Å². The smallest absolute Gasteiger partial charge is 0.231 e. The van der Waals surface area contributed by atoms with Crippen molar-refractivity contribution in [3.63, 3.8) is 0 Å². The van der Waals surface area contributed by atoms with E-state index in [1.54, 1.807) is 12.1 Å². The summed E-state index contributed by atoms with van der Waals surface area (Å²) in [4.78, 5) is 12.2. The van der Waals surface area contributed by atoms with E-state index in [0.29, 0.717) is 11.4 Å². The van der Waals surface area contributed by atoms with Crippen LogP contribution < -0.4 is 11.1 Å². The molecule has 2 atom stereocenters. The summed E-state index contributed by atoms with van der Waals surface area (Å²) in [5.74, 6) is -0.919. The maximum atomic E-state index is 12.2. The van der Waals surface area contributed by atoms with Crippen molar-refractivity contribution >= 4 is 23.3 Å². The Hall–Kier alpha value is -1.75. The molecule has 110 valence electrons. The molecule has 0 radical (unpaired) electrons. The van der Waals surface area contributed by atoms with Crippen molar-refractivity contribution in [1.29, 1.82) is 0 Å². The monoisotopic (exact) mass is 297 g/mol. The molecule has 0 saturated carbocycles. The molecular formula is C14H20ClN3O2. The molecular weight excluding hydrogens is 278 g/mol. The van der Waals surface area contributed by atoms with Crippen LogP contribution in [0.15, 0.2) is 29.4 Å². The van der Waals surface area contributed by atoms with Gasteiger partial charge in [0.2, 0.25) is 5.91 Å². The minimum atomic E-state index is -0.611. The predicted molar refractivity (Wildman–Crippen MR) is 79.8 cm³/mol. The van der Waals surface area contributed by atoms with E-state index in [0.717, 1.165) is 12.0 Å². The summed E-state index contributed by atoms with van der Waals surface area (Å²) in [6.45, 7) is 3.81. The number of amides is 1. The summed E-state index contributed by atoms with van der Waals surface area (Å²) >= 11 is 5.83. The molecule has 1 aromatic carbocycles. The third-order valence-corrected chi connectivity index (χ3v) is 3.35. The molecule has 6 heteroatoms. The Labute approximate surface area is 123 Å². The molecule has 0 fully saturated rings. The second-order valence-electron chi connectivity index (χ2n) is 4.65. The average molecular weight is 298 g/mol. The molecule has 1 amide bonds. The second kappa shape index (κ2) is 7.75. The Balaban J connectivity index is 2.74. The molecule has 4 N–H and O–H groups in total. The first-order valence-electron chi connectivity index (χ1n) is 6.52. The van der Waals surface area contributed by atoms with Gasteiger partial charge in [-0.1, -0.05) is 42.2 Å². The van der Waals surface area contributed by atoms with Crippen molar-refractivity contribution in [1.82, 2.24) is 5.32 Å². The van der Waals surface area contributed by atoms with Crippen molar-refractivity contribution in [3.8, 4) is 0 Å². The number of nitrogens with zero attached hydrogens (tertiary/aromatic N) is 1. The SMILES string of the molecule is CCCC(C(=O)NC(C)c1ccc(Cl)cc1)C(N)=NO. The first-order chi connectivity index (χ1) is 9.49. The van der Waals surface area contributed by atoms with Crippen LogP contribution in [0.25, 0.3) is 0 Å². The largest absolute Gasteiger partial charge is 0.409 e. The topological polar surface area (TPSA) is 87.7 Å². The lowest BCUT2D eigenvalue weighted by Gasteiger charge is -2.19. The highest BCUT2D eigenvalue weighted by molar-refractivity contribution is 6.30. The third kappa shape index (κ3) is 4.42. The van der Waals surface area contributed by atoms with E-state index in [-0.39, 0.29) is 17.8 Å². The molecule has 0 aliphatic rings. The van der Waals surface area contributed by atoms with Gasteiger partial charge in [-0.3, -0.25) is 4.79 Å². The molecule has 0 aromatic heterocycles. The first kappa shape index (κ1) is 16.3. The second-order valence-corrected chi connectivity index (χ2v) is 5.08. The normalized spacial score (nSPS) is 14.7. The molecule has 2 unspecified atom stereocenters. The van der Waals surface area contributed by atoms with Crippen LogP contribution in [0.5, 0.6) is 0 Å². The number of halogens is 1. The fourth-order valence-electron chi connectivity index (χ4n) is 1.92. The summed E-state index contributed by atoms with van der Waals surface area (Å²) in [7, 11) is 0. The Kier molecular flexibility index (Phi) is 6.31. The molecule has 0 aliphatic carbocycles. The van der Waals surface area contributed by atoms with Gasteiger partial charge in [-0.05, 0) is 31.0 Å². The highest BCUT2D eigenvalue weighted by atomic mass is 35.5. The summed E-state index contributed by atoms with van der Waals surface area (Å²) < 4.78 is 0. The van der Waals surface area contributed by atoms with Gasteiger partial charge in [0.15, 0.2) is 5.84 Å². The van der Waals surface area contributed by atoms with Crippen molar-refractivity contribution in [3.05, 3.63) is 34.9 Å². The quantitative estimate of drug-likeness (QED) is 0.326. The van der Waals surface area contributed by atoms with E-state index in [9.17, 15) is 4.79 Å². The van der Waals surface area contributed by atoms with Crippen LogP contribution in [-0.2, 0) is 4.79 Å². The molecule has 20 heavy (non-hydrogen) atoms. The lowest BCUT2D eigenvalue weighted by molar-refractivity contribution is -0.123. The maximum Gasteiger partial charge on any atom is 0.231 e. The van der Waals surface area contributed by atoms with Crippen LogP contribution >= 0.6 is 11.6 Å². The van der Waals surface area contributed by atoms with Gasteiger partial charge in [0.1, 0.15) is 0 Å². The number of oxime groups is 1. The summed E-state index contributed by atoms with van der Waals surface area (Å²) in [5.41, 5.74) is 6.50. The molecule has 5 nitrogen and oxygen atoms in total. The molecule has 0 heterocycles. The standard InChI is InChI=1S/C14H20ClN3O2/c1-3-4-12(13(16)18-20)14(19)17-9(2)10-5-7-11(15)8-6-10/h5-9,12,20H,3-4H2,1-2H3,(H2,16,18)(H,17,19). The average Bonchev–Trinajstić information content (AvgIpc) is 2.44. The first-order valence-corrected chi connectivity index (χ1v) is 6.90. The number of hydrogen-bond acceptors (Lipinski definition) is 3. The molecule has 0 spiro atoms. The Bertz CT molecular complexity index is 474. The Morgan fingerprint density at radius 3 is 2.55 bits per heavy atom. The highest BCUT2D eigenvalue weighted by Gasteiger charge is 2.23. The number of nitrogens with two attached hydrogens (primary N) is 1. The van der Waals surface area contributed by atoms with E-state index in [1.165, 1.54) is 0 Å². The zero-order chi connectivity index (χ0) is 15.1. The van der Waals surface area contributed by atoms with Crippen LogP contribution in [0.2, 0.25) is 5.02 Å². The van der Waals surface area contributed by atoms with E-state index in [2.05, 4.69) is 10.5 Å². The number of rotatable bonds is 6. The minimum absolute atomic E-state index is 0.0624. The van der Waals surface area contributed by atoms with Crippen LogP contribution in [0.3, 0.4) is 0 Å². The zero-order valence-corrected chi connectivity index (χ0v) is 12.4. The van der Waals surface area contributed by atoms with Crippen molar-refractivity contribution in [2.45, 2.75) is 32.7 Å². The van der Waals surface area contributed by atoms with Gasteiger partial charge in [-0.25, -0.2) is 0 Å². The summed E-state index contributed by atoms with van der Waals surface area (Å²) in [6.07, 6.45) is 1.30. The van der Waals surface area contributed by atoms with Crippen molar-refractivity contribution in [2.24, 2.45) is 16.8 Å². The Morgan fingerprint density at radius 1 is 1.45 bits per heavy atom. The van der Waals surface area contributed by atoms with E-state index in [4.69, 9.17) is 22.5 Å². The molecule has 1 aromatic rings. The predicted octanol–water partition coefficient (Wildman–Crippen LogP) is 2.68. The van der Waals surface area contributed by atoms with Gasteiger partial charge in [-0.2, -0.15) is 0 Å². The minimum Gasteiger partial charge on any atom is -0.409 e. The van der Waals surface area contributed by atoms with Crippen LogP contribution in [0.4, 0.5) is 0 Å². The fourth-order valence-corrected chi connectivity index (χ4v) is 2.05. The number of amidine groups is 1. The molecule has 0 saturated heterocycles. The van der Waals surface area contributed by atoms with E-state index >= 15 is 0 Å². The van der Waals surface area contributed by atoms with Crippen LogP contribution in [0.1, 0.15) is 38.3 Å². The fraction of sp³-hybridized carbons (Fsp3) is 0.429. The summed E-state index contributed by atoms with van der Waals surface area (Å²) in [5, 5.41) is 15.2. The van der Waals surface area contributed by atoms with Gasteiger partial charge in [0, 0.05) is 5.02 Å². The van der Waals surface area contributed by atoms with Gasteiger partial charge < -0.3 is 16.3 Å². The van der Waals surface area contributed by atoms with Crippen LogP contribution in [-0.4, -0.2) is 17.0 Å². The molecule has 0 bridgehead atoms. The van der Waals surface area contributed by atoms with Gasteiger partial charge >= 0.3 is 0 Å². The number of carbonyl (C=O) groups is 1. The lowest BCUT2D eigenvalue weighted by Crippen LogP contribution is -2.39. The number of benzene rings is 1. The van der Waals surface area contributed by atoms with Gasteiger partial charge in [-0.15, -0.1) is 0 Å². The van der Waals surface area contributed by atoms with Gasteiger partial charge in [0.25, 0.3) is 0 Å². The number of nitrogens with one attached hydrogen (secondary N) is 1. The molecule has 0 aliphatic heterocycles. The Morgan fingerprint density at radius 2 is 2.05 bits per heavy atom.